The summed E-state index contributed by atoms with van der Waals surface area (Å²) in [5, 5.41) is 6.28. The van der Waals surface area contributed by atoms with Crippen LogP contribution in [-0.4, -0.2) is 34.5 Å². The summed E-state index contributed by atoms with van der Waals surface area (Å²) >= 11 is 2.05. The minimum absolute atomic E-state index is 0.0195. The number of halogens is 2. The molecular formula is C19H19FIN5O2. The van der Waals surface area contributed by atoms with Crippen LogP contribution in [0.3, 0.4) is 0 Å². The Morgan fingerprint density at radius 2 is 2.11 bits per heavy atom. The molecule has 0 atom stereocenters. The number of aromatic nitrogens is 2. The van der Waals surface area contributed by atoms with Gasteiger partial charge >= 0.3 is 0 Å². The molecule has 0 aliphatic carbocycles. The standard InChI is InChI=1S/C19H19FIN5O2/c20-16-9-12(21)1-2-17(16)24-18-15(10-13-3-6-23-11-26(13)18)19(27)25-28-14-4-7-22-8-5-14/h1-3,6,9-11,14,22,24H,4-5,7-8H2,(H,25,27). The van der Waals surface area contributed by atoms with Gasteiger partial charge in [-0.2, -0.15) is 0 Å². The Morgan fingerprint density at radius 3 is 2.89 bits per heavy atom. The van der Waals surface area contributed by atoms with Gasteiger partial charge in [-0.1, -0.05) is 0 Å². The summed E-state index contributed by atoms with van der Waals surface area (Å²) in [7, 11) is 0. The normalized spacial score (nSPS) is 14.9. The van der Waals surface area contributed by atoms with E-state index in [4.69, 9.17) is 4.84 Å². The van der Waals surface area contributed by atoms with Crippen molar-refractivity contribution in [3.63, 3.8) is 0 Å². The van der Waals surface area contributed by atoms with Gasteiger partial charge in [-0.3, -0.25) is 14.0 Å². The minimum atomic E-state index is -0.400. The zero-order valence-electron chi connectivity index (χ0n) is 14.9. The van der Waals surface area contributed by atoms with E-state index in [0.29, 0.717) is 11.4 Å². The molecule has 1 amide bonds. The third kappa shape index (κ3) is 4.10. The molecule has 4 rings (SSSR count). The molecule has 3 heterocycles. The number of carbonyl (C=O) groups excluding carboxylic acids is 1. The van der Waals surface area contributed by atoms with Crippen LogP contribution in [-0.2, 0) is 4.84 Å². The third-order valence-corrected chi connectivity index (χ3v) is 5.28. The lowest BCUT2D eigenvalue weighted by Crippen LogP contribution is -2.37. The Morgan fingerprint density at radius 1 is 1.29 bits per heavy atom. The van der Waals surface area contributed by atoms with Gasteiger partial charge in [-0.25, -0.2) is 14.9 Å². The lowest BCUT2D eigenvalue weighted by molar-refractivity contribution is -0.0282. The van der Waals surface area contributed by atoms with E-state index in [1.807, 2.05) is 22.6 Å². The molecule has 9 heteroatoms. The molecule has 0 radical (unpaired) electrons. The van der Waals surface area contributed by atoms with Crippen molar-refractivity contribution < 1.29 is 14.0 Å². The fraction of sp³-hybridized carbons (Fsp3) is 0.263. The molecule has 0 spiro atoms. The Labute approximate surface area is 174 Å². The summed E-state index contributed by atoms with van der Waals surface area (Å²) in [6, 6.07) is 8.35. The van der Waals surface area contributed by atoms with Crippen molar-refractivity contribution in [2.24, 2.45) is 0 Å². The summed E-state index contributed by atoms with van der Waals surface area (Å²) in [4.78, 5) is 22.5. The molecule has 146 valence electrons. The van der Waals surface area contributed by atoms with E-state index in [2.05, 4.69) is 21.1 Å². The Bertz CT molecular complexity index is 1000. The molecule has 1 aliphatic rings. The molecule has 1 fully saturated rings. The number of hydrogen-bond acceptors (Lipinski definition) is 5. The number of piperidine rings is 1. The quantitative estimate of drug-likeness (QED) is 0.374. The second-order valence-corrected chi connectivity index (χ2v) is 7.77. The van der Waals surface area contributed by atoms with Crippen LogP contribution in [0.15, 0.2) is 42.9 Å². The molecule has 3 N–H and O–H groups in total. The molecule has 0 unspecified atom stereocenters. The van der Waals surface area contributed by atoms with E-state index in [0.717, 1.165) is 35.0 Å². The molecule has 1 saturated heterocycles. The number of benzene rings is 1. The van der Waals surface area contributed by atoms with Gasteiger partial charge in [-0.15, -0.1) is 0 Å². The smallest absolute Gasteiger partial charge is 0.278 e. The van der Waals surface area contributed by atoms with Crippen molar-refractivity contribution in [2.75, 3.05) is 18.4 Å². The van der Waals surface area contributed by atoms with E-state index < -0.39 is 11.7 Å². The fourth-order valence-corrected chi connectivity index (χ4v) is 3.60. The predicted octanol–water partition coefficient (Wildman–Crippen LogP) is 3.24. The number of anilines is 2. The number of hydroxylamine groups is 1. The van der Waals surface area contributed by atoms with Crippen molar-refractivity contribution in [3.05, 3.63) is 57.8 Å². The highest BCUT2D eigenvalue weighted by molar-refractivity contribution is 14.1. The molecule has 0 saturated carbocycles. The Hall–Kier alpha value is -2.24. The topological polar surface area (TPSA) is 79.7 Å². The molecular weight excluding hydrogens is 476 g/mol. The van der Waals surface area contributed by atoms with Gasteiger partial charge in [0.15, 0.2) is 0 Å². The number of nitrogens with zero attached hydrogens (tertiary/aromatic N) is 2. The number of carbonyl (C=O) groups is 1. The van der Waals surface area contributed by atoms with E-state index in [9.17, 15) is 9.18 Å². The monoisotopic (exact) mass is 495 g/mol. The highest BCUT2D eigenvalue weighted by Crippen LogP contribution is 2.27. The van der Waals surface area contributed by atoms with Gasteiger partial charge in [0.2, 0.25) is 0 Å². The summed E-state index contributed by atoms with van der Waals surface area (Å²) in [5.41, 5.74) is 3.93. The van der Waals surface area contributed by atoms with Gasteiger partial charge in [0.25, 0.3) is 5.91 Å². The molecule has 2 aromatic heterocycles. The number of fused-ring (bicyclic) bond motifs is 1. The van der Waals surface area contributed by atoms with Crippen molar-refractivity contribution in [1.82, 2.24) is 20.2 Å². The van der Waals surface area contributed by atoms with Gasteiger partial charge < -0.3 is 10.6 Å². The van der Waals surface area contributed by atoms with Crippen LogP contribution in [0.2, 0.25) is 0 Å². The number of amides is 1. The highest BCUT2D eigenvalue weighted by Gasteiger charge is 2.21. The zero-order chi connectivity index (χ0) is 19.5. The summed E-state index contributed by atoms with van der Waals surface area (Å²) in [6.07, 6.45) is 4.86. The van der Waals surface area contributed by atoms with Crippen molar-refractivity contribution in [1.29, 1.82) is 0 Å². The number of rotatable bonds is 5. The lowest BCUT2D eigenvalue weighted by Gasteiger charge is -2.22. The van der Waals surface area contributed by atoms with Crippen molar-refractivity contribution in [3.8, 4) is 0 Å². The maximum Gasteiger partial charge on any atom is 0.278 e. The molecule has 3 aromatic rings. The van der Waals surface area contributed by atoms with Crippen LogP contribution in [0.5, 0.6) is 0 Å². The van der Waals surface area contributed by atoms with E-state index in [1.54, 1.807) is 41.2 Å². The van der Waals surface area contributed by atoms with Crippen LogP contribution in [0.25, 0.3) is 5.52 Å². The fourth-order valence-electron chi connectivity index (χ4n) is 3.15. The van der Waals surface area contributed by atoms with Gasteiger partial charge in [0.1, 0.15) is 18.0 Å². The molecule has 28 heavy (non-hydrogen) atoms. The second kappa shape index (κ2) is 8.41. The summed E-state index contributed by atoms with van der Waals surface area (Å²) in [6.45, 7) is 1.72. The van der Waals surface area contributed by atoms with E-state index >= 15 is 0 Å². The maximum absolute atomic E-state index is 14.3. The maximum atomic E-state index is 14.3. The SMILES string of the molecule is O=C(NOC1CCNCC1)c1cc2ccncn2c1Nc1ccc(I)cc1F. The molecule has 1 aromatic carbocycles. The Kier molecular flexibility index (Phi) is 5.74. The first-order chi connectivity index (χ1) is 13.6. The summed E-state index contributed by atoms with van der Waals surface area (Å²) < 4.78 is 16.8. The van der Waals surface area contributed by atoms with Crippen LogP contribution in [0.1, 0.15) is 23.2 Å². The number of nitrogens with one attached hydrogen (secondary N) is 3. The summed E-state index contributed by atoms with van der Waals surface area (Å²) in [5.74, 6) is -0.367. The molecule has 7 nitrogen and oxygen atoms in total. The highest BCUT2D eigenvalue weighted by atomic mass is 127. The first-order valence-corrected chi connectivity index (χ1v) is 10.0. The third-order valence-electron chi connectivity index (χ3n) is 4.61. The van der Waals surface area contributed by atoms with Gasteiger partial charge in [-0.05, 0) is 78.9 Å². The Balaban J connectivity index is 1.61. The van der Waals surface area contributed by atoms with E-state index in [1.165, 1.54) is 6.07 Å². The van der Waals surface area contributed by atoms with Gasteiger partial charge in [0.05, 0.1) is 22.9 Å². The molecule has 0 bridgehead atoms. The molecule has 1 aliphatic heterocycles. The average Bonchev–Trinajstić information content (AvgIpc) is 3.08. The predicted molar refractivity (Wildman–Crippen MR) is 112 cm³/mol. The minimum Gasteiger partial charge on any atom is -0.338 e. The first kappa shape index (κ1) is 19.1. The average molecular weight is 495 g/mol. The van der Waals surface area contributed by atoms with Gasteiger partial charge in [0, 0.05) is 9.77 Å². The lowest BCUT2D eigenvalue weighted by atomic mass is 10.1. The van der Waals surface area contributed by atoms with E-state index in [-0.39, 0.29) is 11.8 Å². The first-order valence-electron chi connectivity index (χ1n) is 8.95. The number of hydrogen-bond donors (Lipinski definition) is 3. The van der Waals surface area contributed by atoms with Crippen LogP contribution in [0.4, 0.5) is 15.9 Å². The zero-order valence-corrected chi connectivity index (χ0v) is 17.1. The van der Waals surface area contributed by atoms with Crippen molar-refractivity contribution >= 4 is 45.5 Å². The second-order valence-electron chi connectivity index (χ2n) is 6.53. The van der Waals surface area contributed by atoms with Crippen LogP contribution < -0.4 is 16.1 Å². The van der Waals surface area contributed by atoms with Crippen molar-refractivity contribution in [2.45, 2.75) is 18.9 Å². The largest absolute Gasteiger partial charge is 0.338 e. The van der Waals surface area contributed by atoms with Crippen LogP contribution >= 0.6 is 22.6 Å². The van der Waals surface area contributed by atoms with Crippen LogP contribution in [0, 0.1) is 9.39 Å².